The number of nitrogens with zero attached hydrogens (tertiary/aromatic N) is 2. The number of hydrogen-bond donors (Lipinski definition) is 0. The first kappa shape index (κ1) is 20.5. The Morgan fingerprint density at radius 2 is 1.47 bits per heavy atom. The first-order valence-electron chi connectivity index (χ1n) is 11.4. The third kappa shape index (κ3) is 3.93. The van der Waals surface area contributed by atoms with E-state index in [-0.39, 0.29) is 23.7 Å². The highest BCUT2D eigenvalue weighted by atomic mass is 16.2. The molecule has 1 fully saturated rings. The molecule has 0 aromatic heterocycles. The van der Waals surface area contributed by atoms with Gasteiger partial charge in [0, 0.05) is 37.7 Å². The summed E-state index contributed by atoms with van der Waals surface area (Å²) in [7, 11) is 0. The Kier molecular flexibility index (Phi) is 5.52. The molecule has 3 aromatic rings. The predicted octanol–water partition coefficient (Wildman–Crippen LogP) is 4.44. The van der Waals surface area contributed by atoms with Gasteiger partial charge in [0.2, 0.25) is 5.91 Å². The molecular formula is C28H28N2O2. The predicted molar refractivity (Wildman–Crippen MR) is 125 cm³/mol. The number of benzene rings is 3. The summed E-state index contributed by atoms with van der Waals surface area (Å²) in [6, 6.07) is 26.2. The van der Waals surface area contributed by atoms with Crippen molar-refractivity contribution < 1.29 is 9.59 Å². The van der Waals surface area contributed by atoms with E-state index in [9.17, 15) is 9.59 Å². The Morgan fingerprint density at radius 1 is 0.781 bits per heavy atom. The molecule has 0 spiro atoms. The van der Waals surface area contributed by atoms with Crippen molar-refractivity contribution in [3.8, 4) is 0 Å². The minimum atomic E-state index is -0.225. The molecule has 2 aliphatic heterocycles. The molecule has 2 amide bonds. The largest absolute Gasteiger partial charge is 0.338 e. The zero-order valence-electron chi connectivity index (χ0n) is 18.4. The monoisotopic (exact) mass is 424 g/mol. The van der Waals surface area contributed by atoms with Crippen molar-refractivity contribution in [1.82, 2.24) is 9.80 Å². The van der Waals surface area contributed by atoms with Crippen molar-refractivity contribution in [3.05, 3.63) is 107 Å². The van der Waals surface area contributed by atoms with Crippen LogP contribution >= 0.6 is 0 Å². The van der Waals surface area contributed by atoms with Gasteiger partial charge in [0.1, 0.15) is 0 Å². The van der Waals surface area contributed by atoms with Crippen LogP contribution in [0.1, 0.15) is 38.5 Å². The van der Waals surface area contributed by atoms with Gasteiger partial charge in [-0.15, -0.1) is 0 Å². The second kappa shape index (κ2) is 8.62. The number of likely N-dealkylation sites (tertiary alicyclic amines) is 1. The molecule has 4 nitrogen and oxygen atoms in total. The molecule has 3 aromatic carbocycles. The van der Waals surface area contributed by atoms with Gasteiger partial charge in [-0.3, -0.25) is 9.59 Å². The lowest BCUT2D eigenvalue weighted by molar-refractivity contribution is -0.136. The van der Waals surface area contributed by atoms with Crippen molar-refractivity contribution in [2.45, 2.75) is 25.8 Å². The van der Waals surface area contributed by atoms with Gasteiger partial charge in [0.15, 0.2) is 0 Å². The summed E-state index contributed by atoms with van der Waals surface area (Å²) in [5.74, 6) is -0.0508. The molecule has 0 radical (unpaired) electrons. The highest BCUT2D eigenvalue weighted by Crippen LogP contribution is 2.35. The van der Waals surface area contributed by atoms with E-state index < -0.39 is 0 Å². The Hall–Kier alpha value is -3.40. The molecule has 0 bridgehead atoms. The number of amides is 2. The molecule has 32 heavy (non-hydrogen) atoms. The van der Waals surface area contributed by atoms with E-state index in [0.29, 0.717) is 25.2 Å². The quantitative estimate of drug-likeness (QED) is 0.624. The van der Waals surface area contributed by atoms with Gasteiger partial charge in [0.25, 0.3) is 5.91 Å². The maximum Gasteiger partial charge on any atom is 0.253 e. The van der Waals surface area contributed by atoms with Crippen molar-refractivity contribution in [2.24, 2.45) is 5.92 Å². The van der Waals surface area contributed by atoms with E-state index in [1.807, 2.05) is 65.3 Å². The van der Waals surface area contributed by atoms with Crippen LogP contribution in [-0.2, 0) is 17.8 Å². The minimum absolute atomic E-state index is 0.00483. The second-order valence-electron chi connectivity index (χ2n) is 8.98. The fraction of sp³-hybridized carbons (Fsp3) is 0.286. The molecular weight excluding hydrogens is 396 g/mol. The summed E-state index contributed by atoms with van der Waals surface area (Å²) in [5, 5.41) is 0. The van der Waals surface area contributed by atoms with E-state index in [0.717, 1.165) is 24.1 Å². The van der Waals surface area contributed by atoms with Gasteiger partial charge < -0.3 is 9.80 Å². The molecule has 162 valence electrons. The summed E-state index contributed by atoms with van der Waals surface area (Å²) in [6.07, 6.45) is 0.886. The topological polar surface area (TPSA) is 40.6 Å². The minimum Gasteiger partial charge on any atom is -0.338 e. The summed E-state index contributed by atoms with van der Waals surface area (Å²) in [4.78, 5) is 30.8. The second-order valence-corrected chi connectivity index (χ2v) is 8.98. The highest BCUT2D eigenvalue weighted by molar-refractivity contribution is 5.95. The fourth-order valence-electron chi connectivity index (χ4n) is 5.05. The lowest BCUT2D eigenvalue weighted by atomic mass is 9.87. The summed E-state index contributed by atoms with van der Waals surface area (Å²) in [5.41, 5.74) is 5.50. The van der Waals surface area contributed by atoms with Crippen LogP contribution in [0.2, 0.25) is 0 Å². The Labute approximate surface area is 189 Å². The van der Waals surface area contributed by atoms with E-state index in [4.69, 9.17) is 0 Å². The number of aryl methyl sites for hydroxylation is 1. The van der Waals surface area contributed by atoms with Crippen molar-refractivity contribution in [3.63, 3.8) is 0 Å². The number of rotatable bonds is 3. The van der Waals surface area contributed by atoms with Gasteiger partial charge >= 0.3 is 0 Å². The zero-order valence-corrected chi connectivity index (χ0v) is 18.4. The highest BCUT2D eigenvalue weighted by Gasteiger charge is 2.42. The van der Waals surface area contributed by atoms with E-state index in [2.05, 4.69) is 30.3 Å². The molecule has 2 unspecified atom stereocenters. The van der Waals surface area contributed by atoms with Crippen molar-refractivity contribution in [2.75, 3.05) is 19.6 Å². The lowest BCUT2D eigenvalue weighted by Gasteiger charge is -2.32. The molecule has 0 N–H and O–H groups in total. The third-order valence-corrected chi connectivity index (χ3v) is 6.89. The van der Waals surface area contributed by atoms with Gasteiger partial charge in [0.05, 0.1) is 5.92 Å². The number of carbonyl (C=O) groups excluding carboxylic acids is 2. The SMILES string of the molecule is Cc1ccc(C(=O)N2CC(C(=O)N3CCc4ccccc4C3)C(c3ccccc3)C2)cc1. The molecule has 2 heterocycles. The molecule has 1 saturated heterocycles. The Balaban J connectivity index is 1.40. The number of fused-ring (bicyclic) bond motifs is 1. The summed E-state index contributed by atoms with van der Waals surface area (Å²) >= 11 is 0. The molecule has 5 rings (SSSR count). The van der Waals surface area contributed by atoms with Crippen LogP contribution in [-0.4, -0.2) is 41.2 Å². The molecule has 0 saturated carbocycles. The van der Waals surface area contributed by atoms with E-state index in [1.165, 1.54) is 11.1 Å². The first-order chi connectivity index (χ1) is 15.6. The normalized spacial score (nSPS) is 20.2. The van der Waals surface area contributed by atoms with Gasteiger partial charge in [-0.2, -0.15) is 0 Å². The number of carbonyl (C=O) groups is 2. The van der Waals surface area contributed by atoms with Gasteiger partial charge in [-0.25, -0.2) is 0 Å². The summed E-state index contributed by atoms with van der Waals surface area (Å²) in [6.45, 7) is 4.43. The molecule has 4 heteroatoms. The smallest absolute Gasteiger partial charge is 0.253 e. The number of hydrogen-bond acceptors (Lipinski definition) is 2. The standard InChI is InChI=1S/C28H28N2O2/c1-20-11-13-23(14-12-20)27(31)30-18-25(22-8-3-2-4-9-22)26(19-30)28(32)29-16-15-21-7-5-6-10-24(21)17-29/h2-14,25-26H,15-19H2,1H3. The molecule has 2 atom stereocenters. The zero-order chi connectivity index (χ0) is 22.1. The third-order valence-electron chi connectivity index (χ3n) is 6.89. The summed E-state index contributed by atoms with van der Waals surface area (Å²) < 4.78 is 0. The fourth-order valence-corrected chi connectivity index (χ4v) is 5.05. The van der Waals surface area contributed by atoms with Crippen LogP contribution in [0.25, 0.3) is 0 Å². The first-order valence-corrected chi connectivity index (χ1v) is 11.4. The van der Waals surface area contributed by atoms with Crippen LogP contribution in [0.5, 0.6) is 0 Å². The van der Waals surface area contributed by atoms with E-state index >= 15 is 0 Å². The van der Waals surface area contributed by atoms with Crippen LogP contribution in [0.3, 0.4) is 0 Å². The molecule has 2 aliphatic rings. The maximum absolute atomic E-state index is 13.7. The van der Waals surface area contributed by atoms with Crippen LogP contribution in [0.4, 0.5) is 0 Å². The van der Waals surface area contributed by atoms with Crippen molar-refractivity contribution >= 4 is 11.8 Å². The Bertz CT molecular complexity index is 1120. The van der Waals surface area contributed by atoms with Crippen LogP contribution < -0.4 is 0 Å². The maximum atomic E-state index is 13.7. The van der Waals surface area contributed by atoms with E-state index in [1.54, 1.807) is 0 Å². The average molecular weight is 425 g/mol. The molecule has 0 aliphatic carbocycles. The van der Waals surface area contributed by atoms with Crippen LogP contribution in [0.15, 0.2) is 78.9 Å². The lowest BCUT2D eigenvalue weighted by Crippen LogP contribution is -2.42. The Morgan fingerprint density at radius 3 is 2.22 bits per heavy atom. The van der Waals surface area contributed by atoms with Crippen LogP contribution in [0, 0.1) is 12.8 Å². The van der Waals surface area contributed by atoms with Gasteiger partial charge in [-0.1, -0.05) is 72.3 Å². The van der Waals surface area contributed by atoms with Gasteiger partial charge in [-0.05, 0) is 42.2 Å². The van der Waals surface area contributed by atoms with Crippen molar-refractivity contribution in [1.29, 1.82) is 0 Å². The average Bonchev–Trinajstić information content (AvgIpc) is 3.29.